The van der Waals surface area contributed by atoms with E-state index in [9.17, 15) is 17.6 Å². The highest BCUT2D eigenvalue weighted by Gasteiger charge is 2.21. The number of halogens is 1. The van der Waals surface area contributed by atoms with E-state index in [1.54, 1.807) is 48.0 Å². The number of nitrogens with one attached hydrogen (secondary N) is 2. The van der Waals surface area contributed by atoms with Gasteiger partial charge in [-0.2, -0.15) is 5.10 Å². The zero-order valence-corrected chi connectivity index (χ0v) is 17.7. The van der Waals surface area contributed by atoms with Crippen LogP contribution in [0.4, 0.5) is 15.8 Å². The zero-order valence-electron chi connectivity index (χ0n) is 16.9. The minimum Gasteiger partial charge on any atom is -0.322 e. The molecule has 1 heterocycles. The maximum Gasteiger partial charge on any atom is 0.259 e. The Labute approximate surface area is 175 Å². The van der Waals surface area contributed by atoms with Crippen LogP contribution in [0.25, 0.3) is 5.69 Å². The number of carbonyl (C=O) groups is 1. The molecule has 1 aromatic heterocycles. The number of rotatable bonds is 7. The van der Waals surface area contributed by atoms with Crippen LogP contribution in [-0.2, 0) is 10.0 Å². The van der Waals surface area contributed by atoms with Gasteiger partial charge >= 0.3 is 0 Å². The first-order valence-corrected chi connectivity index (χ1v) is 11.1. The molecule has 0 atom stereocenters. The fourth-order valence-corrected chi connectivity index (χ4v) is 3.59. The van der Waals surface area contributed by atoms with Crippen molar-refractivity contribution in [1.29, 1.82) is 0 Å². The third-order valence-electron chi connectivity index (χ3n) is 4.47. The van der Waals surface area contributed by atoms with Gasteiger partial charge in [0.15, 0.2) is 0 Å². The molecule has 30 heavy (non-hydrogen) atoms. The SMILES string of the molecule is CCS(=O)(=O)Nc1ccc(NC(=O)c2cnn(-c3ccc(F)cc3)c2C(C)C)cc1. The van der Waals surface area contributed by atoms with Gasteiger partial charge in [0.1, 0.15) is 5.82 Å². The van der Waals surface area contributed by atoms with Crippen molar-refractivity contribution in [3.05, 3.63) is 71.8 Å². The van der Waals surface area contributed by atoms with Gasteiger partial charge in [0.2, 0.25) is 10.0 Å². The van der Waals surface area contributed by atoms with Crippen LogP contribution in [-0.4, -0.2) is 29.9 Å². The Hall–Kier alpha value is -3.20. The minimum absolute atomic E-state index is 0.0101. The van der Waals surface area contributed by atoms with Gasteiger partial charge in [-0.05, 0) is 61.4 Å². The highest BCUT2D eigenvalue weighted by atomic mass is 32.2. The summed E-state index contributed by atoms with van der Waals surface area (Å²) in [7, 11) is -3.36. The zero-order chi connectivity index (χ0) is 21.9. The van der Waals surface area contributed by atoms with Crippen molar-refractivity contribution in [2.45, 2.75) is 26.7 Å². The molecule has 3 rings (SSSR count). The van der Waals surface area contributed by atoms with E-state index in [4.69, 9.17) is 0 Å². The van der Waals surface area contributed by atoms with Crippen molar-refractivity contribution in [2.24, 2.45) is 0 Å². The second kappa shape index (κ2) is 8.66. The third kappa shape index (κ3) is 4.85. The smallest absolute Gasteiger partial charge is 0.259 e. The van der Waals surface area contributed by atoms with Crippen molar-refractivity contribution < 1.29 is 17.6 Å². The average molecular weight is 431 g/mol. The number of amides is 1. The minimum atomic E-state index is -3.36. The summed E-state index contributed by atoms with van der Waals surface area (Å²) in [4.78, 5) is 12.9. The van der Waals surface area contributed by atoms with E-state index >= 15 is 0 Å². The normalized spacial score (nSPS) is 11.5. The van der Waals surface area contributed by atoms with Crippen molar-refractivity contribution in [1.82, 2.24) is 9.78 Å². The number of anilines is 2. The van der Waals surface area contributed by atoms with Crippen molar-refractivity contribution >= 4 is 27.3 Å². The van der Waals surface area contributed by atoms with Crippen LogP contribution in [0.5, 0.6) is 0 Å². The standard InChI is InChI=1S/C21H23FN4O3S/c1-4-30(28,29)25-17-9-7-16(8-10-17)24-21(27)19-13-23-26(20(19)14(2)3)18-11-5-15(22)6-12-18/h5-14,25H,4H2,1-3H3,(H,24,27). The molecular weight excluding hydrogens is 407 g/mol. The molecule has 158 valence electrons. The molecule has 0 spiro atoms. The number of nitrogens with zero attached hydrogens (tertiary/aromatic N) is 2. The fraction of sp³-hybridized carbons (Fsp3) is 0.238. The average Bonchev–Trinajstić information content (AvgIpc) is 3.15. The molecule has 9 heteroatoms. The Balaban J connectivity index is 1.83. The summed E-state index contributed by atoms with van der Waals surface area (Å²) in [6.07, 6.45) is 1.48. The number of benzene rings is 2. The molecule has 2 N–H and O–H groups in total. The second-order valence-electron chi connectivity index (χ2n) is 7.02. The largest absolute Gasteiger partial charge is 0.322 e. The molecule has 2 aromatic carbocycles. The Kier molecular flexibility index (Phi) is 6.21. The molecular formula is C21H23FN4O3S. The Morgan fingerprint density at radius 3 is 2.23 bits per heavy atom. The topological polar surface area (TPSA) is 93.1 Å². The third-order valence-corrected chi connectivity index (χ3v) is 5.77. The molecule has 0 unspecified atom stereocenters. The number of carbonyl (C=O) groups excluding carboxylic acids is 1. The predicted molar refractivity (Wildman–Crippen MR) is 115 cm³/mol. The molecule has 0 aliphatic carbocycles. The van der Waals surface area contributed by atoms with E-state index in [1.807, 2.05) is 13.8 Å². The van der Waals surface area contributed by atoms with Crippen LogP contribution in [0.1, 0.15) is 42.7 Å². The molecule has 0 radical (unpaired) electrons. The summed E-state index contributed by atoms with van der Waals surface area (Å²) in [5, 5.41) is 7.12. The van der Waals surface area contributed by atoms with Crippen molar-refractivity contribution in [3.8, 4) is 5.69 Å². The second-order valence-corrected chi connectivity index (χ2v) is 9.03. The van der Waals surface area contributed by atoms with Crippen molar-refractivity contribution in [2.75, 3.05) is 15.8 Å². The number of hydrogen-bond acceptors (Lipinski definition) is 4. The maximum absolute atomic E-state index is 13.2. The summed E-state index contributed by atoms with van der Waals surface area (Å²) < 4.78 is 40.6. The lowest BCUT2D eigenvalue weighted by atomic mass is 10.0. The summed E-state index contributed by atoms with van der Waals surface area (Å²) >= 11 is 0. The summed E-state index contributed by atoms with van der Waals surface area (Å²) in [6.45, 7) is 5.44. The van der Waals surface area contributed by atoms with Gasteiger partial charge in [0, 0.05) is 11.4 Å². The van der Waals surface area contributed by atoms with E-state index in [0.717, 1.165) is 0 Å². The number of sulfonamides is 1. The van der Waals surface area contributed by atoms with Crippen LogP contribution >= 0.6 is 0 Å². The van der Waals surface area contributed by atoms with Gasteiger partial charge in [-0.25, -0.2) is 17.5 Å². The first-order chi connectivity index (χ1) is 14.2. The number of aromatic nitrogens is 2. The van der Waals surface area contributed by atoms with Gasteiger partial charge in [0.05, 0.1) is 28.9 Å². The first-order valence-electron chi connectivity index (χ1n) is 9.46. The number of hydrogen-bond donors (Lipinski definition) is 2. The summed E-state index contributed by atoms with van der Waals surface area (Å²) in [5.74, 6) is -0.723. The Morgan fingerprint density at radius 1 is 1.07 bits per heavy atom. The van der Waals surface area contributed by atoms with Crippen LogP contribution in [0, 0.1) is 5.82 Å². The van der Waals surface area contributed by atoms with Gasteiger partial charge in [0.25, 0.3) is 5.91 Å². The van der Waals surface area contributed by atoms with Gasteiger partial charge in [-0.1, -0.05) is 13.8 Å². The quantitative estimate of drug-likeness (QED) is 0.589. The van der Waals surface area contributed by atoms with Crippen LogP contribution in [0.3, 0.4) is 0 Å². The first kappa shape index (κ1) is 21.5. The van der Waals surface area contributed by atoms with E-state index in [0.29, 0.717) is 28.3 Å². The molecule has 7 nitrogen and oxygen atoms in total. The van der Waals surface area contributed by atoms with Gasteiger partial charge in [-0.15, -0.1) is 0 Å². The van der Waals surface area contributed by atoms with Crippen LogP contribution < -0.4 is 10.0 Å². The van der Waals surface area contributed by atoms with E-state index in [2.05, 4.69) is 15.1 Å². The van der Waals surface area contributed by atoms with Crippen LogP contribution in [0.15, 0.2) is 54.7 Å². The molecule has 0 saturated heterocycles. The molecule has 0 bridgehead atoms. The lowest BCUT2D eigenvalue weighted by molar-refractivity contribution is 0.102. The predicted octanol–water partition coefficient (Wildman–Crippen LogP) is 4.15. The molecule has 0 aliphatic heterocycles. The van der Waals surface area contributed by atoms with Crippen molar-refractivity contribution in [3.63, 3.8) is 0 Å². The summed E-state index contributed by atoms with van der Waals surface area (Å²) in [5.41, 5.74) is 2.70. The lowest BCUT2D eigenvalue weighted by Crippen LogP contribution is -2.16. The maximum atomic E-state index is 13.2. The van der Waals surface area contributed by atoms with Crippen LogP contribution in [0.2, 0.25) is 0 Å². The van der Waals surface area contributed by atoms with Gasteiger partial charge < -0.3 is 5.32 Å². The lowest BCUT2D eigenvalue weighted by Gasteiger charge is -2.13. The monoisotopic (exact) mass is 430 g/mol. The Bertz CT molecular complexity index is 1140. The van der Waals surface area contributed by atoms with Gasteiger partial charge in [-0.3, -0.25) is 9.52 Å². The molecule has 0 fully saturated rings. The highest BCUT2D eigenvalue weighted by molar-refractivity contribution is 7.92. The van der Waals surface area contributed by atoms with E-state index in [1.165, 1.54) is 18.3 Å². The van der Waals surface area contributed by atoms with E-state index < -0.39 is 10.0 Å². The highest BCUT2D eigenvalue weighted by Crippen LogP contribution is 2.24. The molecule has 1 amide bonds. The summed E-state index contributed by atoms with van der Waals surface area (Å²) in [6, 6.07) is 12.3. The molecule has 3 aromatic rings. The fourth-order valence-electron chi connectivity index (χ4n) is 2.95. The molecule has 0 aliphatic rings. The Morgan fingerprint density at radius 2 is 1.67 bits per heavy atom. The molecule has 0 saturated carbocycles. The van der Waals surface area contributed by atoms with E-state index in [-0.39, 0.29) is 23.4 Å².